The number of nitrogens with zero attached hydrogens (tertiary/aromatic N) is 2. The SMILES string of the molecule is CCNC(=O)C(C)(C)n1c(=O)c2c(C)c(C(=O)OCC)sc2n(CCc2ccccc2OC)c1=O. The van der Waals surface area contributed by atoms with Gasteiger partial charge in [-0.2, -0.15) is 0 Å². The molecule has 0 saturated heterocycles. The van der Waals surface area contributed by atoms with Crippen molar-refractivity contribution < 1.29 is 19.1 Å². The van der Waals surface area contributed by atoms with E-state index in [-0.39, 0.29) is 23.4 Å². The van der Waals surface area contributed by atoms with E-state index in [9.17, 15) is 19.2 Å². The molecule has 0 bridgehead atoms. The van der Waals surface area contributed by atoms with Crippen LogP contribution < -0.4 is 21.3 Å². The minimum atomic E-state index is -1.46. The number of aromatic nitrogens is 2. The van der Waals surface area contributed by atoms with Crippen molar-refractivity contribution in [1.82, 2.24) is 14.5 Å². The van der Waals surface area contributed by atoms with E-state index in [0.717, 1.165) is 21.5 Å². The zero-order valence-corrected chi connectivity index (χ0v) is 21.7. The van der Waals surface area contributed by atoms with Crippen molar-refractivity contribution >= 4 is 33.4 Å². The summed E-state index contributed by atoms with van der Waals surface area (Å²) in [5.41, 5.74) is -1.37. The van der Waals surface area contributed by atoms with Gasteiger partial charge >= 0.3 is 11.7 Å². The van der Waals surface area contributed by atoms with Crippen molar-refractivity contribution in [3.8, 4) is 5.75 Å². The van der Waals surface area contributed by atoms with Crippen molar-refractivity contribution in [2.24, 2.45) is 0 Å². The zero-order chi connectivity index (χ0) is 25.9. The Kier molecular flexibility index (Phi) is 7.84. The van der Waals surface area contributed by atoms with Gasteiger partial charge in [-0.3, -0.25) is 14.2 Å². The predicted molar refractivity (Wildman–Crippen MR) is 136 cm³/mol. The number of likely N-dealkylation sites (N-methyl/N-ethyl adjacent to an activating group) is 1. The molecule has 2 heterocycles. The summed E-state index contributed by atoms with van der Waals surface area (Å²) in [5, 5.41) is 2.93. The summed E-state index contributed by atoms with van der Waals surface area (Å²) in [5.74, 6) is -0.320. The van der Waals surface area contributed by atoms with Crippen molar-refractivity contribution in [2.45, 2.75) is 53.1 Å². The van der Waals surface area contributed by atoms with Gasteiger partial charge in [-0.05, 0) is 58.2 Å². The molecule has 0 saturated carbocycles. The number of hydrogen-bond donors (Lipinski definition) is 1. The van der Waals surface area contributed by atoms with E-state index in [2.05, 4.69) is 5.32 Å². The number of esters is 1. The molecule has 1 amide bonds. The topological polar surface area (TPSA) is 109 Å². The largest absolute Gasteiger partial charge is 0.496 e. The van der Waals surface area contributed by atoms with Crippen LogP contribution in [0, 0.1) is 6.92 Å². The third-order valence-corrected chi connectivity index (χ3v) is 7.22. The Labute approximate surface area is 207 Å². The molecule has 188 valence electrons. The third kappa shape index (κ3) is 4.75. The highest BCUT2D eigenvalue weighted by atomic mass is 32.1. The standard InChI is InChI=1S/C25H31N3O6S/c1-7-26-23(31)25(4,5)28-20(29)18-15(3)19(22(30)34-8-2)35-21(18)27(24(28)32)14-13-16-11-9-10-12-17(16)33-6/h9-12H,7-8,13-14H2,1-6H3,(H,26,31). The lowest BCUT2D eigenvalue weighted by Crippen LogP contribution is -2.55. The zero-order valence-electron chi connectivity index (χ0n) is 20.9. The number of amides is 1. The van der Waals surface area contributed by atoms with Crippen LogP contribution in [0.2, 0.25) is 0 Å². The van der Waals surface area contributed by atoms with Crippen LogP contribution in [-0.4, -0.2) is 41.3 Å². The monoisotopic (exact) mass is 501 g/mol. The van der Waals surface area contributed by atoms with Crippen LogP contribution in [0.1, 0.15) is 48.5 Å². The summed E-state index contributed by atoms with van der Waals surface area (Å²) >= 11 is 1.05. The number of rotatable bonds is 9. The molecule has 2 aromatic heterocycles. The Balaban J connectivity index is 2.30. The molecule has 3 aromatic rings. The third-order valence-electron chi connectivity index (χ3n) is 5.92. The maximum Gasteiger partial charge on any atom is 0.348 e. The number of carbonyl (C=O) groups excluding carboxylic acids is 2. The van der Waals surface area contributed by atoms with E-state index >= 15 is 0 Å². The van der Waals surface area contributed by atoms with Crippen LogP contribution in [-0.2, 0) is 28.0 Å². The summed E-state index contributed by atoms with van der Waals surface area (Å²) in [6.07, 6.45) is 0.435. The molecule has 0 radical (unpaired) electrons. The van der Waals surface area contributed by atoms with E-state index < -0.39 is 28.7 Å². The van der Waals surface area contributed by atoms with Gasteiger partial charge in [0.2, 0.25) is 5.91 Å². The summed E-state index contributed by atoms with van der Waals surface area (Å²) in [4.78, 5) is 53.5. The molecule has 0 aliphatic carbocycles. The fourth-order valence-electron chi connectivity index (χ4n) is 4.05. The normalized spacial score (nSPS) is 11.5. The summed E-state index contributed by atoms with van der Waals surface area (Å²) in [6.45, 7) is 8.93. The highest BCUT2D eigenvalue weighted by Crippen LogP contribution is 2.30. The molecule has 3 rings (SSSR count). The Hall–Kier alpha value is -3.40. The average molecular weight is 502 g/mol. The van der Waals surface area contributed by atoms with Crippen molar-refractivity contribution in [3.05, 3.63) is 61.1 Å². The summed E-state index contributed by atoms with van der Waals surface area (Å²) < 4.78 is 13.1. The van der Waals surface area contributed by atoms with Gasteiger partial charge in [-0.15, -0.1) is 11.3 Å². The molecule has 0 unspecified atom stereocenters. The number of carbonyl (C=O) groups is 2. The maximum atomic E-state index is 13.8. The first-order valence-corrected chi connectivity index (χ1v) is 12.3. The predicted octanol–water partition coefficient (Wildman–Crippen LogP) is 2.83. The van der Waals surface area contributed by atoms with Crippen LogP contribution in [0.3, 0.4) is 0 Å². The molecule has 1 aromatic carbocycles. The first-order valence-electron chi connectivity index (χ1n) is 11.5. The number of ether oxygens (including phenoxy) is 2. The smallest absolute Gasteiger partial charge is 0.348 e. The Morgan fingerprint density at radius 3 is 2.46 bits per heavy atom. The number of fused-ring (bicyclic) bond motifs is 1. The molecule has 35 heavy (non-hydrogen) atoms. The highest BCUT2D eigenvalue weighted by molar-refractivity contribution is 7.20. The number of hydrogen-bond acceptors (Lipinski definition) is 7. The number of para-hydroxylation sites is 1. The van der Waals surface area contributed by atoms with E-state index in [1.165, 1.54) is 18.4 Å². The van der Waals surface area contributed by atoms with Crippen LogP contribution >= 0.6 is 11.3 Å². The van der Waals surface area contributed by atoms with Gasteiger partial charge in [-0.25, -0.2) is 14.2 Å². The minimum absolute atomic E-state index is 0.182. The number of benzene rings is 1. The van der Waals surface area contributed by atoms with Crippen molar-refractivity contribution in [1.29, 1.82) is 0 Å². The van der Waals surface area contributed by atoms with Crippen LogP contribution in [0.5, 0.6) is 5.75 Å². The number of thiophene rings is 1. The van der Waals surface area contributed by atoms with Crippen LogP contribution in [0.25, 0.3) is 10.2 Å². The molecule has 0 spiro atoms. The lowest BCUT2D eigenvalue weighted by atomic mass is 10.0. The van der Waals surface area contributed by atoms with E-state index in [1.54, 1.807) is 27.9 Å². The number of nitrogens with one attached hydrogen (secondary N) is 1. The molecule has 0 aliphatic rings. The van der Waals surface area contributed by atoms with Crippen LogP contribution in [0.15, 0.2) is 33.9 Å². The first-order chi connectivity index (χ1) is 16.6. The van der Waals surface area contributed by atoms with Crippen molar-refractivity contribution in [3.63, 3.8) is 0 Å². The number of methoxy groups -OCH3 is 1. The quantitative estimate of drug-likeness (QED) is 0.452. The van der Waals surface area contributed by atoms with Gasteiger partial charge in [0, 0.05) is 13.1 Å². The lowest BCUT2D eigenvalue weighted by molar-refractivity contribution is -0.128. The van der Waals surface area contributed by atoms with E-state index in [1.807, 2.05) is 24.3 Å². The fourth-order valence-corrected chi connectivity index (χ4v) is 5.26. The molecule has 10 heteroatoms. The molecular weight excluding hydrogens is 470 g/mol. The average Bonchev–Trinajstić information content (AvgIpc) is 3.16. The Morgan fingerprint density at radius 1 is 1.14 bits per heavy atom. The highest BCUT2D eigenvalue weighted by Gasteiger charge is 2.35. The molecule has 0 fully saturated rings. The first kappa shape index (κ1) is 26.2. The van der Waals surface area contributed by atoms with Crippen molar-refractivity contribution in [2.75, 3.05) is 20.3 Å². The molecule has 0 atom stereocenters. The molecule has 9 nitrogen and oxygen atoms in total. The minimum Gasteiger partial charge on any atom is -0.496 e. The van der Waals surface area contributed by atoms with Gasteiger partial charge < -0.3 is 14.8 Å². The second-order valence-electron chi connectivity index (χ2n) is 8.51. The van der Waals surface area contributed by atoms with Crippen LogP contribution in [0.4, 0.5) is 0 Å². The Bertz CT molecular complexity index is 1380. The van der Waals surface area contributed by atoms with E-state index in [0.29, 0.717) is 29.1 Å². The second kappa shape index (κ2) is 10.5. The van der Waals surface area contributed by atoms with Gasteiger partial charge in [0.15, 0.2) is 0 Å². The molecular formula is C25H31N3O6S. The summed E-state index contributed by atoms with van der Waals surface area (Å²) in [7, 11) is 1.58. The van der Waals surface area contributed by atoms with E-state index in [4.69, 9.17) is 9.47 Å². The van der Waals surface area contributed by atoms with Gasteiger partial charge in [0.25, 0.3) is 5.56 Å². The van der Waals surface area contributed by atoms with Gasteiger partial charge in [-0.1, -0.05) is 18.2 Å². The lowest BCUT2D eigenvalue weighted by Gasteiger charge is -2.26. The fraction of sp³-hybridized carbons (Fsp3) is 0.440. The maximum absolute atomic E-state index is 13.8. The summed E-state index contributed by atoms with van der Waals surface area (Å²) in [6, 6.07) is 7.47. The number of aryl methyl sites for hydroxylation is 3. The molecule has 1 N–H and O–H groups in total. The van der Waals surface area contributed by atoms with Gasteiger partial charge in [0.1, 0.15) is 21.0 Å². The van der Waals surface area contributed by atoms with Gasteiger partial charge in [0.05, 0.1) is 19.1 Å². The molecule has 0 aliphatic heterocycles. The Morgan fingerprint density at radius 2 is 1.83 bits per heavy atom. The second-order valence-corrected chi connectivity index (χ2v) is 9.51.